The molecule has 0 unspecified atom stereocenters. The topological polar surface area (TPSA) is 27.0 Å². The summed E-state index contributed by atoms with van der Waals surface area (Å²) < 4.78 is 13.5. The molecule has 2 rings (SSSR count). The van der Waals surface area contributed by atoms with Crippen molar-refractivity contribution < 1.29 is 4.39 Å². The first-order valence-corrected chi connectivity index (χ1v) is 6.10. The maximum Gasteiger partial charge on any atom is 0.127 e. The first-order chi connectivity index (χ1) is 9.19. The number of nitrogens with zero attached hydrogens (tertiary/aromatic N) is 2. The molecule has 19 heavy (non-hydrogen) atoms. The third-order valence-corrected chi connectivity index (χ3v) is 2.93. The summed E-state index contributed by atoms with van der Waals surface area (Å²) >= 11 is 0. The third-order valence-electron chi connectivity index (χ3n) is 2.93. The highest BCUT2D eigenvalue weighted by Gasteiger charge is 2.05. The first-order valence-electron chi connectivity index (χ1n) is 6.10. The minimum atomic E-state index is -0.172. The van der Waals surface area contributed by atoms with Gasteiger partial charge in [0.25, 0.3) is 0 Å². The zero-order valence-electron chi connectivity index (χ0n) is 10.8. The molecule has 2 aromatic carbocycles. The van der Waals surface area contributed by atoms with E-state index in [0.29, 0.717) is 17.7 Å². The van der Waals surface area contributed by atoms with Crippen molar-refractivity contribution in [2.45, 2.75) is 13.1 Å². The molecule has 0 fully saturated rings. The Bertz CT molecular complexity index is 584. The maximum atomic E-state index is 13.5. The second kappa shape index (κ2) is 6.12. The fourth-order valence-corrected chi connectivity index (χ4v) is 1.97. The number of rotatable bonds is 4. The van der Waals surface area contributed by atoms with Crippen molar-refractivity contribution in [3.63, 3.8) is 0 Å². The Hall–Kier alpha value is -2.18. The van der Waals surface area contributed by atoms with Gasteiger partial charge < -0.3 is 0 Å². The number of hydrogen-bond donors (Lipinski definition) is 0. The molecule has 0 aliphatic rings. The average molecular weight is 254 g/mol. The van der Waals surface area contributed by atoms with Crippen molar-refractivity contribution in [3.05, 3.63) is 71.0 Å². The van der Waals surface area contributed by atoms with Gasteiger partial charge in [0, 0.05) is 18.7 Å². The highest BCUT2D eigenvalue weighted by Crippen LogP contribution is 2.12. The molecule has 0 radical (unpaired) electrons. The predicted octanol–water partition coefficient (Wildman–Crippen LogP) is 3.33. The van der Waals surface area contributed by atoms with Crippen LogP contribution in [0.25, 0.3) is 0 Å². The standard InChI is InChI=1S/C16H15FN2/c1-19(12-15-4-2-3-5-16(15)17)11-14-8-6-13(10-18)7-9-14/h2-9H,11-12H2,1H3. The van der Waals surface area contributed by atoms with Crippen LogP contribution in [0.4, 0.5) is 4.39 Å². The molecule has 0 aromatic heterocycles. The summed E-state index contributed by atoms with van der Waals surface area (Å²) in [6.07, 6.45) is 0. The van der Waals surface area contributed by atoms with Gasteiger partial charge in [-0.05, 0) is 30.8 Å². The lowest BCUT2D eigenvalue weighted by molar-refractivity contribution is 0.313. The van der Waals surface area contributed by atoms with E-state index >= 15 is 0 Å². The number of nitriles is 1. The Kier molecular flexibility index (Phi) is 4.27. The molecule has 0 saturated carbocycles. The zero-order valence-corrected chi connectivity index (χ0v) is 10.8. The summed E-state index contributed by atoms with van der Waals surface area (Å²) in [5.41, 5.74) is 2.46. The molecule has 0 atom stereocenters. The normalized spacial score (nSPS) is 10.4. The highest BCUT2D eigenvalue weighted by molar-refractivity contribution is 5.31. The van der Waals surface area contributed by atoms with Crippen LogP contribution in [0.15, 0.2) is 48.5 Å². The van der Waals surface area contributed by atoms with E-state index in [4.69, 9.17) is 5.26 Å². The third kappa shape index (κ3) is 3.64. The number of benzene rings is 2. The van der Waals surface area contributed by atoms with Gasteiger partial charge in [0.15, 0.2) is 0 Å². The van der Waals surface area contributed by atoms with Crippen LogP contribution in [0.3, 0.4) is 0 Å². The molecule has 0 amide bonds. The summed E-state index contributed by atoms with van der Waals surface area (Å²) in [7, 11) is 1.95. The van der Waals surface area contributed by atoms with Crippen molar-refractivity contribution in [3.8, 4) is 6.07 Å². The lowest BCUT2D eigenvalue weighted by Crippen LogP contribution is -2.17. The molecule has 0 aliphatic heterocycles. The maximum absolute atomic E-state index is 13.5. The van der Waals surface area contributed by atoms with Gasteiger partial charge >= 0.3 is 0 Å². The van der Waals surface area contributed by atoms with Crippen LogP contribution in [0.2, 0.25) is 0 Å². The van der Waals surface area contributed by atoms with Crippen LogP contribution in [-0.4, -0.2) is 11.9 Å². The molecular formula is C16H15FN2. The van der Waals surface area contributed by atoms with E-state index in [1.54, 1.807) is 24.3 Å². The van der Waals surface area contributed by atoms with Gasteiger partial charge in [-0.15, -0.1) is 0 Å². The van der Waals surface area contributed by atoms with Gasteiger partial charge in [0.2, 0.25) is 0 Å². The van der Waals surface area contributed by atoms with Gasteiger partial charge in [0.05, 0.1) is 11.6 Å². The lowest BCUT2D eigenvalue weighted by atomic mass is 10.1. The van der Waals surface area contributed by atoms with Crippen LogP contribution in [0, 0.1) is 17.1 Å². The predicted molar refractivity (Wildman–Crippen MR) is 72.7 cm³/mol. The van der Waals surface area contributed by atoms with Crippen LogP contribution in [0.5, 0.6) is 0 Å². The Morgan fingerprint density at radius 2 is 1.74 bits per heavy atom. The Labute approximate surface area is 112 Å². The minimum Gasteiger partial charge on any atom is -0.298 e. The van der Waals surface area contributed by atoms with Crippen molar-refractivity contribution >= 4 is 0 Å². The Morgan fingerprint density at radius 3 is 2.37 bits per heavy atom. The number of hydrogen-bond acceptors (Lipinski definition) is 2. The second-order valence-corrected chi connectivity index (χ2v) is 4.57. The molecule has 2 nitrogen and oxygen atoms in total. The largest absolute Gasteiger partial charge is 0.298 e. The smallest absolute Gasteiger partial charge is 0.127 e. The van der Waals surface area contributed by atoms with E-state index < -0.39 is 0 Å². The van der Waals surface area contributed by atoms with Crippen LogP contribution in [-0.2, 0) is 13.1 Å². The van der Waals surface area contributed by atoms with E-state index in [2.05, 4.69) is 6.07 Å². The molecule has 0 aliphatic carbocycles. The molecule has 0 heterocycles. The van der Waals surface area contributed by atoms with Crippen molar-refractivity contribution in [2.75, 3.05) is 7.05 Å². The van der Waals surface area contributed by atoms with E-state index in [9.17, 15) is 4.39 Å². The molecule has 2 aromatic rings. The zero-order chi connectivity index (χ0) is 13.7. The molecule has 0 bridgehead atoms. The molecule has 3 heteroatoms. The van der Waals surface area contributed by atoms with Gasteiger partial charge in [-0.2, -0.15) is 5.26 Å². The van der Waals surface area contributed by atoms with Crippen LogP contribution < -0.4 is 0 Å². The van der Waals surface area contributed by atoms with Crippen LogP contribution in [0.1, 0.15) is 16.7 Å². The minimum absolute atomic E-state index is 0.172. The van der Waals surface area contributed by atoms with Crippen molar-refractivity contribution in [1.29, 1.82) is 5.26 Å². The first kappa shape index (κ1) is 13.3. The monoisotopic (exact) mass is 254 g/mol. The highest BCUT2D eigenvalue weighted by atomic mass is 19.1. The summed E-state index contributed by atoms with van der Waals surface area (Å²) in [4.78, 5) is 2.04. The Morgan fingerprint density at radius 1 is 1.05 bits per heavy atom. The molecule has 0 spiro atoms. The second-order valence-electron chi connectivity index (χ2n) is 4.57. The van der Waals surface area contributed by atoms with Crippen molar-refractivity contribution in [1.82, 2.24) is 4.90 Å². The van der Waals surface area contributed by atoms with E-state index in [1.165, 1.54) is 6.07 Å². The molecular weight excluding hydrogens is 239 g/mol. The summed E-state index contributed by atoms with van der Waals surface area (Å²) in [5.74, 6) is -0.172. The molecule has 96 valence electrons. The van der Waals surface area contributed by atoms with Gasteiger partial charge in [-0.25, -0.2) is 4.39 Å². The summed E-state index contributed by atoms with van der Waals surface area (Å²) in [6, 6.07) is 16.3. The van der Waals surface area contributed by atoms with Gasteiger partial charge in [0.1, 0.15) is 5.82 Å². The van der Waals surface area contributed by atoms with E-state index in [0.717, 1.165) is 12.1 Å². The van der Waals surface area contributed by atoms with E-state index in [-0.39, 0.29) is 5.82 Å². The fourth-order valence-electron chi connectivity index (χ4n) is 1.97. The van der Waals surface area contributed by atoms with Gasteiger partial charge in [-0.1, -0.05) is 30.3 Å². The quantitative estimate of drug-likeness (QED) is 0.836. The number of halogens is 1. The van der Waals surface area contributed by atoms with Crippen LogP contribution >= 0.6 is 0 Å². The van der Waals surface area contributed by atoms with Crippen molar-refractivity contribution in [2.24, 2.45) is 0 Å². The SMILES string of the molecule is CN(Cc1ccc(C#N)cc1)Cc1ccccc1F. The molecule has 0 N–H and O–H groups in total. The van der Waals surface area contributed by atoms with Gasteiger partial charge in [-0.3, -0.25) is 4.90 Å². The molecule has 0 saturated heterocycles. The summed E-state index contributed by atoms with van der Waals surface area (Å²) in [5, 5.41) is 8.73. The fraction of sp³-hybridized carbons (Fsp3) is 0.188. The average Bonchev–Trinajstić information content (AvgIpc) is 2.42. The Balaban J connectivity index is 1.99. The lowest BCUT2D eigenvalue weighted by Gasteiger charge is -2.17. The summed E-state index contributed by atoms with van der Waals surface area (Å²) in [6.45, 7) is 1.28. The van der Waals surface area contributed by atoms with E-state index in [1.807, 2.05) is 30.1 Å².